The molecule has 0 bridgehead atoms. The highest BCUT2D eigenvalue weighted by molar-refractivity contribution is 7.52. The number of benzene rings is 2. The molecule has 1 aliphatic rings. The molecule has 0 radical (unpaired) electrons. The number of aliphatic hydroxyl groups excluding tert-OH is 1. The van der Waals surface area contributed by atoms with Crippen molar-refractivity contribution < 1.29 is 37.4 Å². The Morgan fingerprint density at radius 3 is 2.48 bits per heavy atom. The largest absolute Gasteiger partial charge is 0.460 e. The van der Waals surface area contributed by atoms with Crippen molar-refractivity contribution >= 4 is 13.7 Å². The van der Waals surface area contributed by atoms with Crippen LogP contribution in [0.1, 0.15) is 25.6 Å². The molecule has 2 heterocycles. The number of nitrogens with zero attached hydrogens (tertiary/aromatic N) is 1. The van der Waals surface area contributed by atoms with Crippen LogP contribution in [0.3, 0.4) is 0 Å². The third kappa shape index (κ3) is 6.93. The third-order valence-electron chi connectivity index (χ3n) is 6.13. The highest BCUT2D eigenvalue weighted by atomic mass is 31.2. The molecule has 40 heavy (non-hydrogen) atoms. The van der Waals surface area contributed by atoms with Crippen molar-refractivity contribution in [2.45, 2.75) is 50.6 Å². The van der Waals surface area contributed by atoms with Crippen LogP contribution in [0.2, 0.25) is 0 Å². The molecule has 12 nitrogen and oxygen atoms in total. The Balaban J connectivity index is 1.48. The summed E-state index contributed by atoms with van der Waals surface area (Å²) < 4.78 is 52.0. The summed E-state index contributed by atoms with van der Waals surface area (Å²) >= 11 is 0. The number of aromatic nitrogens is 2. The average molecular weight is 578 g/mol. The van der Waals surface area contributed by atoms with E-state index in [1.54, 1.807) is 42.5 Å². The van der Waals surface area contributed by atoms with Gasteiger partial charge in [0.15, 0.2) is 11.9 Å². The van der Waals surface area contributed by atoms with Gasteiger partial charge < -0.3 is 19.1 Å². The molecule has 3 aromatic rings. The molecular weight excluding hydrogens is 548 g/mol. The van der Waals surface area contributed by atoms with Crippen molar-refractivity contribution in [1.29, 1.82) is 0 Å². The van der Waals surface area contributed by atoms with E-state index in [4.69, 9.17) is 18.5 Å². The molecule has 0 spiro atoms. The van der Waals surface area contributed by atoms with Gasteiger partial charge in [-0.2, -0.15) is 5.09 Å². The summed E-state index contributed by atoms with van der Waals surface area (Å²) in [4.78, 5) is 38.2. The van der Waals surface area contributed by atoms with Crippen molar-refractivity contribution in [2.24, 2.45) is 0 Å². The maximum absolute atomic E-state index is 15.5. The van der Waals surface area contributed by atoms with Crippen LogP contribution in [0.25, 0.3) is 0 Å². The van der Waals surface area contributed by atoms with Crippen molar-refractivity contribution in [3.63, 3.8) is 0 Å². The summed E-state index contributed by atoms with van der Waals surface area (Å²) in [6.07, 6.45) is -3.83. The molecule has 1 fully saturated rings. The molecular formula is C26H29FN3O9P. The van der Waals surface area contributed by atoms with Gasteiger partial charge in [0, 0.05) is 12.3 Å². The van der Waals surface area contributed by atoms with Crippen LogP contribution < -0.4 is 20.9 Å². The first-order valence-electron chi connectivity index (χ1n) is 12.3. The lowest BCUT2D eigenvalue weighted by Gasteiger charge is -2.25. The minimum absolute atomic E-state index is 0.0148. The van der Waals surface area contributed by atoms with Gasteiger partial charge >= 0.3 is 19.4 Å². The number of alkyl halides is 1. The highest BCUT2D eigenvalue weighted by Crippen LogP contribution is 2.47. The monoisotopic (exact) mass is 577 g/mol. The van der Waals surface area contributed by atoms with Crippen molar-refractivity contribution in [1.82, 2.24) is 14.6 Å². The van der Waals surface area contributed by atoms with E-state index in [0.29, 0.717) is 0 Å². The van der Waals surface area contributed by atoms with Crippen LogP contribution in [0.15, 0.2) is 82.5 Å². The van der Waals surface area contributed by atoms with Crippen LogP contribution in [0, 0.1) is 0 Å². The van der Waals surface area contributed by atoms with Crippen molar-refractivity contribution in [3.8, 4) is 5.75 Å². The van der Waals surface area contributed by atoms with Gasteiger partial charge in [-0.15, -0.1) is 0 Å². The molecule has 4 rings (SSSR count). The lowest BCUT2D eigenvalue weighted by atomic mass is 9.98. The molecule has 1 saturated heterocycles. The minimum Gasteiger partial charge on any atom is -0.460 e. The van der Waals surface area contributed by atoms with Gasteiger partial charge in [0.1, 0.15) is 30.6 Å². The van der Waals surface area contributed by atoms with Gasteiger partial charge in [-0.3, -0.25) is 23.7 Å². The fraction of sp³-hybridized carbons (Fsp3) is 0.346. The van der Waals surface area contributed by atoms with Gasteiger partial charge in [-0.05, 0) is 31.5 Å². The Morgan fingerprint density at radius 1 is 1.18 bits per heavy atom. The number of para-hydroxylation sites is 1. The summed E-state index contributed by atoms with van der Waals surface area (Å²) in [6.45, 7) is 1.75. The highest BCUT2D eigenvalue weighted by Gasteiger charge is 2.55. The molecule has 1 aliphatic heterocycles. The van der Waals surface area contributed by atoms with Crippen LogP contribution >= 0.6 is 7.75 Å². The standard InChI is InChI=1S/C26H29FN3O9P/c1-17(23(33)36-15-18-9-5-3-6-10-18)29-40(35,39-19-11-7-4-8-12-19)37-16-20-22(32)26(2,27)24(38-20)30-14-13-21(31)28-25(30)34/h3-14,17,20,22,24,32H,15-16H2,1-2H3,(H,29,35)(H,28,31,34)/t17-,20-,22-,24-,26?,40?/m1/s1. The first-order chi connectivity index (χ1) is 19.0. The molecule has 0 aliphatic carbocycles. The average Bonchev–Trinajstić information content (AvgIpc) is 3.15. The number of hydrogen-bond acceptors (Lipinski definition) is 9. The van der Waals surface area contributed by atoms with Crippen molar-refractivity contribution in [2.75, 3.05) is 6.61 Å². The second-order valence-corrected chi connectivity index (χ2v) is 11.0. The number of ether oxygens (including phenoxy) is 2. The molecule has 14 heteroatoms. The molecule has 3 N–H and O–H groups in total. The Bertz CT molecular complexity index is 1470. The minimum atomic E-state index is -4.36. The van der Waals surface area contributed by atoms with E-state index in [9.17, 15) is 24.1 Å². The van der Waals surface area contributed by atoms with E-state index in [2.05, 4.69) is 5.09 Å². The second kappa shape index (κ2) is 12.3. The fourth-order valence-electron chi connectivity index (χ4n) is 3.99. The van der Waals surface area contributed by atoms with Gasteiger partial charge in [-0.1, -0.05) is 48.5 Å². The number of H-pyrrole nitrogens is 1. The predicted molar refractivity (Wildman–Crippen MR) is 140 cm³/mol. The zero-order valence-corrected chi connectivity index (χ0v) is 22.5. The molecule has 0 saturated carbocycles. The quantitative estimate of drug-likeness (QED) is 0.228. The summed E-state index contributed by atoms with van der Waals surface area (Å²) in [5.41, 5.74) is -3.39. The Hall–Kier alpha value is -3.61. The van der Waals surface area contributed by atoms with E-state index in [-0.39, 0.29) is 12.4 Å². The van der Waals surface area contributed by atoms with Crippen molar-refractivity contribution in [3.05, 3.63) is 99.3 Å². The number of carbonyl (C=O) groups excluding carboxylic acids is 1. The number of hydrogen-bond donors (Lipinski definition) is 3. The summed E-state index contributed by atoms with van der Waals surface area (Å²) in [5, 5.41) is 13.1. The Kier molecular flexibility index (Phi) is 9.02. The molecule has 6 atom stereocenters. The van der Waals surface area contributed by atoms with Crippen LogP contribution in [-0.2, 0) is 30.0 Å². The van der Waals surface area contributed by atoms with E-state index in [0.717, 1.165) is 29.3 Å². The van der Waals surface area contributed by atoms with Gasteiger partial charge in [0.25, 0.3) is 5.56 Å². The topological polar surface area (TPSA) is 158 Å². The SMILES string of the molecule is C[C@@H](NP(=O)(OC[C@H]1O[C@@H](n2ccc(=O)[nH]c2=O)C(C)(F)[C@@H]1O)Oc1ccccc1)C(=O)OCc1ccccc1. The van der Waals surface area contributed by atoms with E-state index < -0.39 is 61.7 Å². The number of nitrogens with one attached hydrogen (secondary N) is 2. The zero-order valence-electron chi connectivity index (χ0n) is 21.6. The number of aliphatic hydroxyl groups is 1. The summed E-state index contributed by atoms with van der Waals surface area (Å²) in [5.74, 6) is -0.598. The fourth-order valence-corrected chi connectivity index (χ4v) is 5.49. The number of carbonyl (C=O) groups is 1. The Labute approximate surface area is 228 Å². The molecule has 2 unspecified atom stereocenters. The molecule has 2 aromatic carbocycles. The second-order valence-electron chi connectivity index (χ2n) is 9.28. The first-order valence-corrected chi connectivity index (χ1v) is 13.8. The van der Waals surface area contributed by atoms with Gasteiger partial charge in [0.2, 0.25) is 0 Å². The lowest BCUT2D eigenvalue weighted by Crippen LogP contribution is -2.43. The smallest absolute Gasteiger partial charge is 0.459 e. The van der Waals surface area contributed by atoms with Crippen LogP contribution in [0.4, 0.5) is 4.39 Å². The van der Waals surface area contributed by atoms with Crippen LogP contribution in [-0.4, -0.2) is 51.2 Å². The van der Waals surface area contributed by atoms with Crippen LogP contribution in [0.5, 0.6) is 5.75 Å². The molecule has 1 aromatic heterocycles. The summed E-state index contributed by atoms with van der Waals surface area (Å²) in [6, 6.07) is 16.8. The number of rotatable bonds is 11. The lowest BCUT2D eigenvalue weighted by molar-refractivity contribution is -0.146. The zero-order chi connectivity index (χ0) is 28.9. The van der Waals surface area contributed by atoms with E-state index in [1.807, 2.05) is 11.1 Å². The number of aromatic amines is 1. The first kappa shape index (κ1) is 29.4. The Morgan fingerprint density at radius 2 is 1.82 bits per heavy atom. The third-order valence-corrected chi connectivity index (χ3v) is 7.77. The molecule has 0 amide bonds. The normalized spacial score (nSPS) is 24.6. The van der Waals surface area contributed by atoms with Gasteiger partial charge in [-0.25, -0.2) is 13.8 Å². The van der Waals surface area contributed by atoms with Gasteiger partial charge in [0.05, 0.1) is 6.61 Å². The van der Waals surface area contributed by atoms with E-state index >= 15 is 4.39 Å². The predicted octanol–water partition coefficient (Wildman–Crippen LogP) is 2.45. The summed E-state index contributed by atoms with van der Waals surface area (Å²) in [7, 11) is -4.36. The molecule has 214 valence electrons. The maximum Gasteiger partial charge on any atom is 0.459 e. The number of esters is 1. The maximum atomic E-state index is 15.5. The number of halogens is 1. The van der Waals surface area contributed by atoms with E-state index in [1.165, 1.54) is 19.1 Å².